The number of rotatable bonds is 3. The van der Waals surface area contributed by atoms with Gasteiger partial charge in [-0.2, -0.15) is 0 Å². The standard InChI is InChI=1S/C15H13N3O4/c16-14(19)9-1-3-10(4-2-9)17-15(20)18-11-5-6-12-13(7-11)22-8-21-12/h1-7H,8H2,(H2,16,19)(H2,17,18,20). The number of anilines is 2. The molecule has 112 valence electrons. The smallest absolute Gasteiger partial charge is 0.323 e. The van der Waals surface area contributed by atoms with E-state index in [-0.39, 0.29) is 6.79 Å². The highest BCUT2D eigenvalue weighted by Gasteiger charge is 2.14. The number of amides is 3. The van der Waals surface area contributed by atoms with E-state index >= 15 is 0 Å². The van der Waals surface area contributed by atoms with Gasteiger partial charge in [0.05, 0.1) is 0 Å². The third-order valence-electron chi connectivity index (χ3n) is 3.06. The van der Waals surface area contributed by atoms with Gasteiger partial charge < -0.3 is 25.8 Å². The molecule has 0 aliphatic carbocycles. The van der Waals surface area contributed by atoms with Crippen LogP contribution in [0.25, 0.3) is 0 Å². The van der Waals surface area contributed by atoms with Gasteiger partial charge in [0.1, 0.15) is 0 Å². The van der Waals surface area contributed by atoms with E-state index < -0.39 is 11.9 Å². The van der Waals surface area contributed by atoms with Crippen molar-refractivity contribution in [1.29, 1.82) is 0 Å². The highest BCUT2D eigenvalue weighted by molar-refractivity contribution is 6.00. The second-order valence-corrected chi connectivity index (χ2v) is 4.59. The van der Waals surface area contributed by atoms with Gasteiger partial charge in [0.25, 0.3) is 0 Å². The van der Waals surface area contributed by atoms with E-state index in [1.807, 2.05) is 0 Å². The van der Waals surface area contributed by atoms with E-state index in [2.05, 4.69) is 10.6 Å². The summed E-state index contributed by atoms with van der Waals surface area (Å²) in [4.78, 5) is 22.9. The fraction of sp³-hybridized carbons (Fsp3) is 0.0667. The summed E-state index contributed by atoms with van der Waals surface area (Å²) in [6.07, 6.45) is 0. The normalized spacial score (nSPS) is 11.8. The first-order valence-electron chi connectivity index (χ1n) is 6.49. The van der Waals surface area contributed by atoms with Crippen LogP contribution in [0.15, 0.2) is 42.5 Å². The summed E-state index contributed by atoms with van der Waals surface area (Å²) in [5.41, 5.74) is 6.65. The Kier molecular flexibility index (Phi) is 3.53. The molecular formula is C15H13N3O4. The zero-order valence-corrected chi connectivity index (χ0v) is 11.5. The predicted octanol–water partition coefficient (Wildman–Crippen LogP) is 2.16. The fourth-order valence-electron chi connectivity index (χ4n) is 1.99. The number of benzene rings is 2. The Balaban J connectivity index is 1.63. The number of hydrogen-bond donors (Lipinski definition) is 3. The lowest BCUT2D eigenvalue weighted by atomic mass is 10.2. The molecule has 22 heavy (non-hydrogen) atoms. The van der Waals surface area contributed by atoms with E-state index in [0.29, 0.717) is 28.4 Å². The molecule has 0 saturated carbocycles. The second-order valence-electron chi connectivity index (χ2n) is 4.59. The van der Waals surface area contributed by atoms with E-state index in [1.54, 1.807) is 42.5 Å². The number of nitrogens with one attached hydrogen (secondary N) is 2. The van der Waals surface area contributed by atoms with Crippen LogP contribution in [0.5, 0.6) is 11.5 Å². The van der Waals surface area contributed by atoms with E-state index in [9.17, 15) is 9.59 Å². The first kappa shape index (κ1) is 13.7. The van der Waals surface area contributed by atoms with E-state index in [0.717, 1.165) is 0 Å². The van der Waals surface area contributed by atoms with Gasteiger partial charge >= 0.3 is 6.03 Å². The first-order valence-corrected chi connectivity index (χ1v) is 6.49. The molecule has 2 aromatic carbocycles. The maximum Gasteiger partial charge on any atom is 0.323 e. The summed E-state index contributed by atoms with van der Waals surface area (Å²) in [7, 11) is 0. The zero-order chi connectivity index (χ0) is 15.5. The summed E-state index contributed by atoms with van der Waals surface area (Å²) < 4.78 is 10.4. The summed E-state index contributed by atoms with van der Waals surface area (Å²) in [6.45, 7) is 0.178. The van der Waals surface area contributed by atoms with Crippen molar-refractivity contribution in [1.82, 2.24) is 0 Å². The molecule has 7 heteroatoms. The lowest BCUT2D eigenvalue weighted by Crippen LogP contribution is -2.19. The molecule has 3 rings (SSSR count). The molecule has 0 aromatic heterocycles. The number of hydrogen-bond acceptors (Lipinski definition) is 4. The van der Waals surface area contributed by atoms with Crippen LogP contribution in [-0.2, 0) is 0 Å². The molecule has 7 nitrogen and oxygen atoms in total. The summed E-state index contributed by atoms with van der Waals surface area (Å²) in [5.74, 6) is 0.716. The van der Waals surface area contributed by atoms with Crippen molar-refractivity contribution in [3.05, 3.63) is 48.0 Å². The molecule has 1 aliphatic rings. The van der Waals surface area contributed by atoms with Gasteiger partial charge in [-0.1, -0.05) is 0 Å². The van der Waals surface area contributed by atoms with Crippen LogP contribution in [0.2, 0.25) is 0 Å². The molecule has 0 saturated heterocycles. The zero-order valence-electron chi connectivity index (χ0n) is 11.5. The van der Waals surface area contributed by atoms with Gasteiger partial charge in [-0.15, -0.1) is 0 Å². The van der Waals surface area contributed by atoms with Crippen molar-refractivity contribution in [3.63, 3.8) is 0 Å². The molecule has 1 heterocycles. The monoisotopic (exact) mass is 299 g/mol. The number of ether oxygens (including phenoxy) is 2. The average molecular weight is 299 g/mol. The molecule has 3 amide bonds. The lowest BCUT2D eigenvalue weighted by molar-refractivity contribution is 0.100. The SMILES string of the molecule is NC(=O)c1ccc(NC(=O)Nc2ccc3c(c2)OCO3)cc1. The van der Waals surface area contributed by atoms with Gasteiger partial charge in [0.2, 0.25) is 12.7 Å². The fourth-order valence-corrected chi connectivity index (χ4v) is 1.99. The van der Waals surface area contributed by atoms with Gasteiger partial charge in [-0.3, -0.25) is 4.79 Å². The van der Waals surface area contributed by atoms with E-state index in [1.165, 1.54) is 0 Å². The number of urea groups is 1. The number of carbonyl (C=O) groups is 2. The Morgan fingerprint density at radius 1 is 0.909 bits per heavy atom. The van der Waals surface area contributed by atoms with Gasteiger partial charge in [0, 0.05) is 23.0 Å². The van der Waals surface area contributed by atoms with Crippen LogP contribution in [-0.4, -0.2) is 18.7 Å². The quantitative estimate of drug-likeness (QED) is 0.808. The Labute approximate surface area is 126 Å². The molecule has 0 radical (unpaired) electrons. The van der Waals surface area contributed by atoms with Crippen molar-refractivity contribution in [2.75, 3.05) is 17.4 Å². The number of fused-ring (bicyclic) bond motifs is 1. The average Bonchev–Trinajstić information content (AvgIpc) is 2.95. The highest BCUT2D eigenvalue weighted by Crippen LogP contribution is 2.34. The topological polar surface area (TPSA) is 103 Å². The maximum atomic E-state index is 11.9. The highest BCUT2D eigenvalue weighted by atomic mass is 16.7. The summed E-state index contributed by atoms with van der Waals surface area (Å²) in [6, 6.07) is 11.0. The number of nitrogens with two attached hydrogens (primary N) is 1. The third kappa shape index (κ3) is 2.93. The minimum atomic E-state index is -0.517. The van der Waals surface area contributed by atoms with Crippen LogP contribution in [0, 0.1) is 0 Å². The van der Waals surface area contributed by atoms with Crippen LogP contribution in [0.3, 0.4) is 0 Å². The predicted molar refractivity (Wildman–Crippen MR) is 80.2 cm³/mol. The van der Waals surface area contributed by atoms with Crippen molar-refractivity contribution in [2.24, 2.45) is 5.73 Å². The van der Waals surface area contributed by atoms with Crippen LogP contribution >= 0.6 is 0 Å². The Morgan fingerprint density at radius 2 is 1.55 bits per heavy atom. The lowest BCUT2D eigenvalue weighted by Gasteiger charge is -2.08. The van der Waals surface area contributed by atoms with Gasteiger partial charge in [-0.05, 0) is 36.4 Å². The molecule has 0 atom stereocenters. The Bertz CT molecular complexity index is 728. The van der Waals surface area contributed by atoms with Crippen LogP contribution < -0.4 is 25.8 Å². The largest absolute Gasteiger partial charge is 0.454 e. The molecular weight excluding hydrogens is 286 g/mol. The molecule has 2 aromatic rings. The Morgan fingerprint density at radius 3 is 2.27 bits per heavy atom. The van der Waals surface area contributed by atoms with Crippen molar-refractivity contribution in [3.8, 4) is 11.5 Å². The van der Waals surface area contributed by atoms with Crippen LogP contribution in [0.1, 0.15) is 10.4 Å². The number of carbonyl (C=O) groups excluding carboxylic acids is 2. The summed E-state index contributed by atoms with van der Waals surface area (Å²) >= 11 is 0. The minimum absolute atomic E-state index is 0.178. The Hall–Kier alpha value is -3.22. The maximum absolute atomic E-state index is 11.9. The molecule has 1 aliphatic heterocycles. The van der Waals surface area contributed by atoms with Gasteiger partial charge in [-0.25, -0.2) is 4.79 Å². The van der Waals surface area contributed by atoms with E-state index in [4.69, 9.17) is 15.2 Å². The minimum Gasteiger partial charge on any atom is -0.454 e. The second kappa shape index (κ2) is 5.65. The van der Waals surface area contributed by atoms with Crippen molar-refractivity contribution in [2.45, 2.75) is 0 Å². The molecule has 0 bridgehead atoms. The first-order chi connectivity index (χ1) is 10.6. The molecule has 0 unspecified atom stereocenters. The van der Waals surface area contributed by atoms with Crippen molar-refractivity contribution >= 4 is 23.3 Å². The summed E-state index contributed by atoms with van der Waals surface area (Å²) in [5, 5.41) is 5.33. The number of primary amides is 1. The third-order valence-corrected chi connectivity index (χ3v) is 3.06. The van der Waals surface area contributed by atoms with Crippen LogP contribution in [0.4, 0.5) is 16.2 Å². The molecule has 0 spiro atoms. The van der Waals surface area contributed by atoms with Crippen molar-refractivity contribution < 1.29 is 19.1 Å². The van der Waals surface area contributed by atoms with Gasteiger partial charge in [0.15, 0.2) is 11.5 Å². The molecule has 4 N–H and O–H groups in total. The molecule has 0 fully saturated rings.